The van der Waals surface area contributed by atoms with Crippen LogP contribution in [-0.2, 0) is 10.3 Å². The van der Waals surface area contributed by atoms with E-state index < -0.39 is 29.7 Å². The first-order valence-electron chi connectivity index (χ1n) is 6.95. The van der Waals surface area contributed by atoms with E-state index in [1.165, 1.54) is 45.0 Å². The van der Waals surface area contributed by atoms with E-state index in [-0.39, 0.29) is 12.3 Å². The molecule has 2 rings (SSSR count). The number of imide groups is 1. The highest BCUT2D eigenvalue weighted by Crippen LogP contribution is 2.31. The third-order valence-electron chi connectivity index (χ3n) is 3.48. The van der Waals surface area contributed by atoms with Gasteiger partial charge < -0.3 is 15.2 Å². The molecule has 1 aromatic rings. The molecule has 1 atom stereocenters. The zero-order valence-electron chi connectivity index (χ0n) is 13.0. The maximum Gasteiger partial charge on any atom is 0.387 e. The fraction of sp³-hybridized carbons (Fsp3) is 0.467. The number of halogens is 2. The van der Waals surface area contributed by atoms with E-state index >= 15 is 0 Å². The van der Waals surface area contributed by atoms with E-state index in [1.807, 2.05) is 0 Å². The SMILES string of the molecule is CC(C)(O)CN1C(=O)N[C@](C)(c2ccc(OC(F)F)cc2)C1=O. The van der Waals surface area contributed by atoms with Crippen molar-refractivity contribution in [1.82, 2.24) is 10.2 Å². The molecule has 1 heterocycles. The molecule has 0 bridgehead atoms. The second-order valence-electron chi connectivity index (χ2n) is 6.16. The number of alkyl halides is 2. The van der Waals surface area contributed by atoms with Gasteiger partial charge in [0.05, 0.1) is 12.1 Å². The smallest absolute Gasteiger partial charge is 0.387 e. The molecule has 0 saturated carbocycles. The topological polar surface area (TPSA) is 78.9 Å². The molecule has 0 radical (unpaired) electrons. The van der Waals surface area contributed by atoms with Gasteiger partial charge in [0.25, 0.3) is 5.91 Å². The molecule has 0 unspecified atom stereocenters. The van der Waals surface area contributed by atoms with Gasteiger partial charge in [-0.3, -0.25) is 9.69 Å². The van der Waals surface area contributed by atoms with E-state index in [4.69, 9.17) is 0 Å². The van der Waals surface area contributed by atoms with Crippen LogP contribution in [0, 0.1) is 0 Å². The van der Waals surface area contributed by atoms with Gasteiger partial charge in [0.2, 0.25) is 0 Å². The Kier molecular flexibility index (Phi) is 4.30. The van der Waals surface area contributed by atoms with Crippen LogP contribution < -0.4 is 10.1 Å². The first-order valence-corrected chi connectivity index (χ1v) is 6.95. The Bertz CT molecular complexity index is 613. The molecule has 1 aliphatic rings. The second kappa shape index (κ2) is 5.77. The third-order valence-corrected chi connectivity index (χ3v) is 3.48. The van der Waals surface area contributed by atoms with Gasteiger partial charge in [-0.05, 0) is 38.5 Å². The molecule has 1 saturated heterocycles. The lowest BCUT2D eigenvalue weighted by Gasteiger charge is -2.25. The van der Waals surface area contributed by atoms with Crippen molar-refractivity contribution in [3.8, 4) is 5.75 Å². The van der Waals surface area contributed by atoms with Crippen LogP contribution in [0.1, 0.15) is 26.3 Å². The molecule has 126 valence electrons. The number of nitrogens with zero attached hydrogens (tertiary/aromatic N) is 1. The van der Waals surface area contributed by atoms with Gasteiger partial charge in [-0.25, -0.2) is 4.79 Å². The minimum atomic E-state index is -2.94. The van der Waals surface area contributed by atoms with E-state index in [0.717, 1.165) is 4.90 Å². The highest BCUT2D eigenvalue weighted by atomic mass is 19.3. The average Bonchev–Trinajstić information content (AvgIpc) is 2.62. The standard InChI is InChI=1S/C15H18F2N2O4/c1-14(2,22)8-19-11(20)15(3,18-13(19)21)9-4-6-10(7-5-9)23-12(16)17/h4-7,12,22H,8H2,1-3H3,(H,18,21)/t15-/m1/s1. The lowest BCUT2D eigenvalue weighted by Crippen LogP contribution is -2.44. The second-order valence-corrected chi connectivity index (χ2v) is 6.16. The van der Waals surface area contributed by atoms with E-state index in [1.54, 1.807) is 0 Å². The Balaban J connectivity index is 2.25. The summed E-state index contributed by atoms with van der Waals surface area (Å²) in [6.45, 7) is 1.39. The Morgan fingerprint density at radius 2 is 1.87 bits per heavy atom. The van der Waals surface area contributed by atoms with Gasteiger partial charge >= 0.3 is 12.6 Å². The molecular weight excluding hydrogens is 310 g/mol. The van der Waals surface area contributed by atoms with Crippen LogP contribution in [0.25, 0.3) is 0 Å². The maximum absolute atomic E-state index is 12.6. The number of benzene rings is 1. The summed E-state index contributed by atoms with van der Waals surface area (Å²) in [5.74, 6) is -0.565. The predicted octanol–water partition coefficient (Wildman–Crippen LogP) is 1.83. The molecule has 3 amide bonds. The van der Waals surface area contributed by atoms with Crippen molar-refractivity contribution in [2.24, 2.45) is 0 Å². The molecule has 2 N–H and O–H groups in total. The number of aliphatic hydroxyl groups is 1. The largest absolute Gasteiger partial charge is 0.435 e. The summed E-state index contributed by atoms with van der Waals surface area (Å²) in [5.41, 5.74) is -2.13. The predicted molar refractivity (Wildman–Crippen MR) is 77.0 cm³/mol. The number of rotatable bonds is 5. The van der Waals surface area contributed by atoms with E-state index in [2.05, 4.69) is 10.1 Å². The van der Waals surface area contributed by atoms with Gasteiger partial charge in [0.15, 0.2) is 0 Å². The Morgan fingerprint density at radius 1 is 1.30 bits per heavy atom. The van der Waals surface area contributed by atoms with Crippen LogP contribution in [0.4, 0.5) is 13.6 Å². The maximum atomic E-state index is 12.6. The first kappa shape index (κ1) is 17.1. The lowest BCUT2D eigenvalue weighted by atomic mass is 9.92. The molecule has 1 aromatic carbocycles. The summed E-state index contributed by atoms with van der Waals surface area (Å²) in [5, 5.41) is 12.4. The molecule has 1 aliphatic heterocycles. The Labute approximate surface area is 132 Å². The van der Waals surface area contributed by atoms with Crippen LogP contribution in [0.2, 0.25) is 0 Å². The summed E-state index contributed by atoms with van der Waals surface area (Å²) in [6.07, 6.45) is 0. The van der Waals surface area contributed by atoms with Crippen molar-refractivity contribution in [1.29, 1.82) is 0 Å². The number of hydrogen-bond donors (Lipinski definition) is 2. The monoisotopic (exact) mass is 328 g/mol. The fourth-order valence-corrected chi connectivity index (χ4v) is 2.39. The minimum absolute atomic E-state index is 0.0440. The van der Waals surface area contributed by atoms with E-state index in [9.17, 15) is 23.5 Å². The summed E-state index contributed by atoms with van der Waals surface area (Å²) in [4.78, 5) is 25.5. The molecule has 0 spiro atoms. The van der Waals surface area contributed by atoms with Crippen molar-refractivity contribution in [2.45, 2.75) is 38.5 Å². The van der Waals surface area contributed by atoms with Gasteiger partial charge in [-0.1, -0.05) is 12.1 Å². The number of carbonyl (C=O) groups is 2. The van der Waals surface area contributed by atoms with Crippen LogP contribution in [0.3, 0.4) is 0 Å². The van der Waals surface area contributed by atoms with Crippen LogP contribution in [-0.4, -0.2) is 40.7 Å². The molecular formula is C15H18F2N2O4. The zero-order chi connectivity index (χ0) is 17.4. The first-order chi connectivity index (χ1) is 10.5. The van der Waals surface area contributed by atoms with Crippen LogP contribution in [0.5, 0.6) is 5.75 Å². The molecule has 6 nitrogen and oxygen atoms in total. The van der Waals surface area contributed by atoms with Crippen molar-refractivity contribution >= 4 is 11.9 Å². The van der Waals surface area contributed by atoms with Crippen molar-refractivity contribution in [3.05, 3.63) is 29.8 Å². The van der Waals surface area contributed by atoms with Gasteiger partial charge in [0.1, 0.15) is 11.3 Å². The summed E-state index contributed by atoms with van der Waals surface area (Å²) in [7, 11) is 0. The fourth-order valence-electron chi connectivity index (χ4n) is 2.39. The number of nitrogens with one attached hydrogen (secondary N) is 1. The lowest BCUT2D eigenvalue weighted by molar-refractivity contribution is -0.133. The van der Waals surface area contributed by atoms with Gasteiger partial charge in [-0.15, -0.1) is 0 Å². The minimum Gasteiger partial charge on any atom is -0.435 e. The summed E-state index contributed by atoms with van der Waals surface area (Å²) in [6, 6.07) is 4.84. The third kappa shape index (κ3) is 3.58. The number of carbonyl (C=O) groups excluding carboxylic acids is 2. The molecule has 23 heavy (non-hydrogen) atoms. The average molecular weight is 328 g/mol. The number of β-amino-alcohol motifs (C(OH)–C–C–N with tert-alkyl or cyclic N) is 1. The molecule has 0 aliphatic carbocycles. The van der Waals surface area contributed by atoms with Gasteiger partial charge in [-0.2, -0.15) is 8.78 Å². The van der Waals surface area contributed by atoms with Crippen molar-refractivity contribution in [2.75, 3.05) is 6.54 Å². The van der Waals surface area contributed by atoms with Crippen LogP contribution >= 0.6 is 0 Å². The number of amides is 3. The number of urea groups is 1. The van der Waals surface area contributed by atoms with Gasteiger partial charge in [0, 0.05) is 0 Å². The van der Waals surface area contributed by atoms with Crippen molar-refractivity contribution < 1.29 is 28.2 Å². The Hall–Kier alpha value is -2.22. The number of hydrogen-bond acceptors (Lipinski definition) is 4. The van der Waals surface area contributed by atoms with E-state index in [0.29, 0.717) is 5.56 Å². The summed E-state index contributed by atoms with van der Waals surface area (Å²) < 4.78 is 28.6. The number of ether oxygens (including phenoxy) is 1. The van der Waals surface area contributed by atoms with Crippen molar-refractivity contribution in [3.63, 3.8) is 0 Å². The molecule has 1 fully saturated rings. The zero-order valence-corrected chi connectivity index (χ0v) is 13.0. The quantitative estimate of drug-likeness (QED) is 0.808. The molecule has 0 aromatic heterocycles. The molecule has 8 heteroatoms. The van der Waals surface area contributed by atoms with Crippen LogP contribution in [0.15, 0.2) is 24.3 Å². The Morgan fingerprint density at radius 3 is 2.35 bits per heavy atom. The highest BCUT2D eigenvalue weighted by molar-refractivity contribution is 6.07. The summed E-state index contributed by atoms with van der Waals surface area (Å²) >= 11 is 0. The normalized spacial score (nSPS) is 21.8. The highest BCUT2D eigenvalue weighted by Gasteiger charge is 2.49.